The average molecular weight is 343 g/mol. The lowest BCUT2D eigenvalue weighted by molar-refractivity contribution is -0.127. The molecule has 1 heterocycles. The molecular formula is C18H25N5O2. The molecule has 1 aliphatic rings. The molecule has 1 aromatic carbocycles. The van der Waals surface area contributed by atoms with Crippen molar-refractivity contribution in [3.8, 4) is 5.69 Å². The van der Waals surface area contributed by atoms with Crippen LogP contribution in [0.3, 0.4) is 0 Å². The molecule has 1 aromatic heterocycles. The maximum absolute atomic E-state index is 12.3. The molecule has 0 unspecified atom stereocenters. The van der Waals surface area contributed by atoms with Gasteiger partial charge in [-0.3, -0.25) is 4.79 Å². The van der Waals surface area contributed by atoms with Gasteiger partial charge in [0.15, 0.2) is 5.82 Å². The number of hydrogen-bond donors (Lipinski definition) is 1. The summed E-state index contributed by atoms with van der Waals surface area (Å²) in [5.74, 6) is 1.18. The molecule has 3 rings (SSSR count). The molecule has 1 fully saturated rings. The van der Waals surface area contributed by atoms with Gasteiger partial charge in [0, 0.05) is 7.11 Å². The fraction of sp³-hybridized carbons (Fsp3) is 0.556. The second kappa shape index (κ2) is 7.31. The number of hydrogen-bond acceptors (Lipinski definition) is 5. The minimum Gasteiger partial charge on any atom is -0.375 e. The Balaban J connectivity index is 1.98. The zero-order valence-electron chi connectivity index (χ0n) is 15.0. The largest absolute Gasteiger partial charge is 0.375 e. The first kappa shape index (κ1) is 17.5. The third-order valence-corrected chi connectivity index (χ3v) is 4.96. The van der Waals surface area contributed by atoms with Gasteiger partial charge in [-0.25, -0.2) is 0 Å². The summed E-state index contributed by atoms with van der Waals surface area (Å²) >= 11 is 0. The zero-order valence-corrected chi connectivity index (χ0v) is 15.0. The van der Waals surface area contributed by atoms with Gasteiger partial charge in [0.1, 0.15) is 12.1 Å². The lowest BCUT2D eigenvalue weighted by atomic mass is 9.76. The number of methoxy groups -OCH3 is 1. The van der Waals surface area contributed by atoms with Crippen molar-refractivity contribution >= 4 is 5.91 Å². The molecule has 1 amide bonds. The molecule has 1 saturated carbocycles. The molecule has 0 spiro atoms. The molecule has 0 atom stereocenters. The summed E-state index contributed by atoms with van der Waals surface area (Å²) in [6, 6.07) is 8.04. The molecule has 25 heavy (non-hydrogen) atoms. The van der Waals surface area contributed by atoms with Gasteiger partial charge < -0.3 is 10.1 Å². The van der Waals surface area contributed by atoms with Crippen LogP contribution >= 0.6 is 0 Å². The number of benzene rings is 1. The molecule has 0 aliphatic heterocycles. The standard InChI is InChI=1S/C18H25N5O2/c1-13-4-6-15(7-5-13)23-17(20-21-22-23)18(19-16(24)12-25-3)10-8-14(2)9-11-18/h4-7,14H,8-12H2,1-3H3,(H,19,24). The molecule has 134 valence electrons. The van der Waals surface area contributed by atoms with E-state index in [-0.39, 0.29) is 12.5 Å². The molecule has 7 nitrogen and oxygen atoms in total. The van der Waals surface area contributed by atoms with Crippen LogP contribution in [0, 0.1) is 12.8 Å². The Bertz CT molecular complexity index is 717. The molecular weight excluding hydrogens is 318 g/mol. The van der Waals surface area contributed by atoms with Crippen LogP contribution in [0.25, 0.3) is 5.69 Å². The first-order valence-electron chi connectivity index (χ1n) is 8.70. The number of nitrogens with one attached hydrogen (secondary N) is 1. The number of amides is 1. The van der Waals surface area contributed by atoms with Gasteiger partial charge in [0.05, 0.1) is 5.69 Å². The number of rotatable bonds is 5. The lowest BCUT2D eigenvalue weighted by Gasteiger charge is -2.38. The molecule has 7 heteroatoms. The molecule has 0 radical (unpaired) electrons. The van der Waals surface area contributed by atoms with Crippen molar-refractivity contribution in [2.45, 2.75) is 45.1 Å². The van der Waals surface area contributed by atoms with Crippen molar-refractivity contribution in [1.29, 1.82) is 0 Å². The van der Waals surface area contributed by atoms with E-state index in [2.05, 4.69) is 27.8 Å². The van der Waals surface area contributed by atoms with Gasteiger partial charge in [-0.2, -0.15) is 4.68 Å². The van der Waals surface area contributed by atoms with Crippen molar-refractivity contribution in [2.24, 2.45) is 5.92 Å². The highest BCUT2D eigenvalue weighted by atomic mass is 16.5. The Labute approximate surface area is 147 Å². The van der Waals surface area contributed by atoms with Crippen LogP contribution in [-0.4, -0.2) is 39.8 Å². The number of carbonyl (C=O) groups is 1. The van der Waals surface area contributed by atoms with Crippen molar-refractivity contribution in [2.75, 3.05) is 13.7 Å². The van der Waals surface area contributed by atoms with Gasteiger partial charge in [0.25, 0.3) is 0 Å². The molecule has 1 N–H and O–H groups in total. The Hall–Kier alpha value is -2.28. The Morgan fingerprint density at radius 1 is 1.32 bits per heavy atom. The number of nitrogens with zero attached hydrogens (tertiary/aromatic N) is 4. The normalized spacial score (nSPS) is 23.4. The van der Waals surface area contributed by atoms with Gasteiger partial charge >= 0.3 is 0 Å². The summed E-state index contributed by atoms with van der Waals surface area (Å²) in [5.41, 5.74) is 1.51. The van der Waals surface area contributed by atoms with Crippen LogP contribution in [0.1, 0.15) is 44.0 Å². The summed E-state index contributed by atoms with van der Waals surface area (Å²) in [4.78, 5) is 12.3. The molecule has 2 aromatic rings. The maximum Gasteiger partial charge on any atom is 0.246 e. The van der Waals surface area contributed by atoms with Crippen LogP contribution in [0.15, 0.2) is 24.3 Å². The Kier molecular flexibility index (Phi) is 5.13. The first-order valence-corrected chi connectivity index (χ1v) is 8.70. The van der Waals surface area contributed by atoms with Crippen LogP contribution < -0.4 is 5.32 Å². The summed E-state index contributed by atoms with van der Waals surface area (Å²) in [7, 11) is 1.52. The third kappa shape index (κ3) is 3.71. The highest BCUT2D eigenvalue weighted by Gasteiger charge is 2.42. The third-order valence-electron chi connectivity index (χ3n) is 4.96. The van der Waals surface area contributed by atoms with Crippen LogP contribution in [0.2, 0.25) is 0 Å². The number of tetrazole rings is 1. The highest BCUT2D eigenvalue weighted by Crippen LogP contribution is 2.39. The number of aryl methyl sites for hydroxylation is 1. The lowest BCUT2D eigenvalue weighted by Crippen LogP contribution is -2.50. The minimum absolute atomic E-state index is 0.0312. The predicted molar refractivity (Wildman–Crippen MR) is 93.2 cm³/mol. The van der Waals surface area contributed by atoms with Crippen molar-refractivity contribution in [1.82, 2.24) is 25.5 Å². The van der Waals surface area contributed by atoms with E-state index in [0.29, 0.717) is 11.7 Å². The van der Waals surface area contributed by atoms with E-state index in [9.17, 15) is 4.79 Å². The maximum atomic E-state index is 12.3. The highest BCUT2D eigenvalue weighted by molar-refractivity contribution is 5.78. The smallest absolute Gasteiger partial charge is 0.246 e. The van der Waals surface area contributed by atoms with Crippen LogP contribution in [0.4, 0.5) is 0 Å². The van der Waals surface area contributed by atoms with E-state index >= 15 is 0 Å². The van der Waals surface area contributed by atoms with E-state index in [1.807, 2.05) is 31.2 Å². The summed E-state index contributed by atoms with van der Waals surface area (Å²) in [6.07, 6.45) is 3.67. The van der Waals surface area contributed by atoms with E-state index < -0.39 is 5.54 Å². The van der Waals surface area contributed by atoms with E-state index in [1.54, 1.807) is 4.68 Å². The van der Waals surface area contributed by atoms with Gasteiger partial charge in [-0.15, -0.1) is 5.10 Å². The van der Waals surface area contributed by atoms with Gasteiger partial charge in [-0.1, -0.05) is 24.6 Å². The van der Waals surface area contributed by atoms with E-state index in [1.165, 1.54) is 12.7 Å². The summed E-state index contributed by atoms with van der Waals surface area (Å²) < 4.78 is 6.72. The SMILES string of the molecule is COCC(=O)NC1(c2nnnn2-c2ccc(C)cc2)CCC(C)CC1. The fourth-order valence-corrected chi connectivity index (χ4v) is 3.44. The van der Waals surface area contributed by atoms with E-state index in [0.717, 1.165) is 31.4 Å². The Morgan fingerprint density at radius 3 is 2.64 bits per heavy atom. The van der Waals surface area contributed by atoms with E-state index in [4.69, 9.17) is 4.74 Å². The van der Waals surface area contributed by atoms with Gasteiger partial charge in [0.2, 0.25) is 5.91 Å². The predicted octanol–water partition coefficient (Wildman–Crippen LogP) is 2.14. The average Bonchev–Trinajstić information content (AvgIpc) is 3.08. The number of carbonyl (C=O) groups excluding carboxylic acids is 1. The summed E-state index contributed by atoms with van der Waals surface area (Å²) in [5, 5.41) is 15.5. The number of aromatic nitrogens is 4. The quantitative estimate of drug-likeness (QED) is 0.899. The fourth-order valence-electron chi connectivity index (χ4n) is 3.44. The Morgan fingerprint density at radius 2 is 2.00 bits per heavy atom. The van der Waals surface area contributed by atoms with Crippen LogP contribution in [0.5, 0.6) is 0 Å². The van der Waals surface area contributed by atoms with Crippen molar-refractivity contribution < 1.29 is 9.53 Å². The second-order valence-corrected chi connectivity index (χ2v) is 7.00. The second-order valence-electron chi connectivity index (χ2n) is 7.00. The topological polar surface area (TPSA) is 81.9 Å². The molecule has 1 aliphatic carbocycles. The monoisotopic (exact) mass is 343 g/mol. The van der Waals surface area contributed by atoms with Crippen molar-refractivity contribution in [3.05, 3.63) is 35.7 Å². The van der Waals surface area contributed by atoms with Crippen molar-refractivity contribution in [3.63, 3.8) is 0 Å². The number of ether oxygens (including phenoxy) is 1. The molecule has 0 saturated heterocycles. The van der Waals surface area contributed by atoms with Gasteiger partial charge in [-0.05, 0) is 61.1 Å². The summed E-state index contributed by atoms with van der Waals surface area (Å²) in [6.45, 7) is 4.31. The van der Waals surface area contributed by atoms with Crippen LogP contribution in [-0.2, 0) is 15.1 Å². The molecule has 0 bridgehead atoms. The first-order chi connectivity index (χ1) is 12.0. The minimum atomic E-state index is -0.559. The zero-order chi connectivity index (χ0) is 17.9.